The zero-order chi connectivity index (χ0) is 24.1. The second kappa shape index (κ2) is 8.48. The van der Waals surface area contributed by atoms with E-state index in [4.69, 9.17) is 9.97 Å². The van der Waals surface area contributed by atoms with Crippen LogP contribution in [0.2, 0.25) is 0 Å². The third-order valence-corrected chi connectivity index (χ3v) is 7.27. The third-order valence-electron chi connectivity index (χ3n) is 7.27. The van der Waals surface area contributed by atoms with E-state index in [9.17, 15) is 0 Å². The number of allylic oxidation sites excluding steroid dienone is 1. The van der Waals surface area contributed by atoms with Gasteiger partial charge >= 0.3 is 0 Å². The molecule has 0 fully saturated rings. The zero-order valence-corrected chi connectivity index (χ0v) is 20.8. The molecular formula is C28H31N7. The van der Waals surface area contributed by atoms with Crippen molar-refractivity contribution < 1.29 is 0 Å². The molecular weight excluding hydrogens is 434 g/mol. The number of nitrogens with zero attached hydrogens (tertiary/aromatic N) is 6. The van der Waals surface area contributed by atoms with Gasteiger partial charge in [0.05, 0.1) is 18.1 Å². The van der Waals surface area contributed by atoms with Gasteiger partial charge in [0.2, 0.25) is 5.95 Å². The van der Waals surface area contributed by atoms with Crippen molar-refractivity contribution in [3.05, 3.63) is 71.2 Å². The van der Waals surface area contributed by atoms with Crippen LogP contribution in [0.25, 0.3) is 22.6 Å². The van der Waals surface area contributed by atoms with Gasteiger partial charge in [-0.1, -0.05) is 43.7 Å². The van der Waals surface area contributed by atoms with Gasteiger partial charge in [-0.25, -0.2) is 4.98 Å². The van der Waals surface area contributed by atoms with Crippen molar-refractivity contribution in [1.82, 2.24) is 24.6 Å². The van der Waals surface area contributed by atoms with Crippen molar-refractivity contribution in [2.45, 2.75) is 51.5 Å². The number of rotatable bonds is 5. The monoisotopic (exact) mass is 465 g/mol. The molecule has 2 aliphatic carbocycles. The Balaban J connectivity index is 1.38. The summed E-state index contributed by atoms with van der Waals surface area (Å²) in [6.45, 7) is 4.35. The number of hydrogen-bond acceptors (Lipinski definition) is 6. The molecule has 0 amide bonds. The first-order valence-electron chi connectivity index (χ1n) is 12.4. The molecule has 3 heterocycles. The highest BCUT2D eigenvalue weighted by atomic mass is 15.4. The lowest BCUT2D eigenvalue weighted by Crippen LogP contribution is -2.25. The molecule has 0 unspecified atom stereocenters. The Bertz CT molecular complexity index is 1450. The molecule has 4 aromatic rings. The average molecular weight is 466 g/mol. The topological polar surface area (TPSA) is 71.2 Å². The van der Waals surface area contributed by atoms with Gasteiger partial charge in [-0.2, -0.15) is 14.6 Å². The summed E-state index contributed by atoms with van der Waals surface area (Å²) in [4.78, 5) is 16.4. The van der Waals surface area contributed by atoms with Gasteiger partial charge in [-0.05, 0) is 54.4 Å². The van der Waals surface area contributed by atoms with Crippen molar-refractivity contribution >= 4 is 22.9 Å². The van der Waals surface area contributed by atoms with Crippen LogP contribution in [0.4, 0.5) is 11.6 Å². The van der Waals surface area contributed by atoms with Crippen LogP contribution in [-0.4, -0.2) is 44.7 Å². The molecule has 0 saturated heterocycles. The Labute approximate surface area is 205 Å². The fraction of sp³-hybridized carbons (Fsp3) is 0.357. The number of anilines is 2. The zero-order valence-electron chi connectivity index (χ0n) is 20.8. The predicted octanol–water partition coefficient (Wildman–Crippen LogP) is 5.35. The van der Waals surface area contributed by atoms with Crippen LogP contribution in [-0.2, 0) is 6.42 Å². The summed E-state index contributed by atoms with van der Waals surface area (Å²) in [5, 5.41) is 8.43. The molecule has 0 saturated carbocycles. The molecule has 0 bridgehead atoms. The fourth-order valence-corrected chi connectivity index (χ4v) is 5.31. The average Bonchev–Trinajstić information content (AvgIpc) is 3.46. The number of aromatic nitrogens is 5. The van der Waals surface area contributed by atoms with Crippen LogP contribution in [0.1, 0.15) is 55.7 Å². The van der Waals surface area contributed by atoms with Gasteiger partial charge in [0.1, 0.15) is 0 Å². The number of nitrogens with one attached hydrogen (secondary N) is 1. The Hall–Kier alpha value is -3.74. The fourth-order valence-electron chi connectivity index (χ4n) is 5.31. The minimum Gasteiger partial charge on any atom is -0.376 e. The number of benzene rings is 1. The summed E-state index contributed by atoms with van der Waals surface area (Å²) in [5.74, 6) is 1.72. The molecule has 0 radical (unpaired) electrons. The molecule has 1 aromatic carbocycles. The largest absolute Gasteiger partial charge is 0.376 e. The molecule has 7 nitrogen and oxygen atoms in total. The molecule has 3 aromatic heterocycles. The summed E-state index contributed by atoms with van der Waals surface area (Å²) in [5.41, 5.74) is 9.89. The Morgan fingerprint density at radius 1 is 1.09 bits per heavy atom. The normalized spacial score (nSPS) is 17.1. The lowest BCUT2D eigenvalue weighted by molar-refractivity contribution is 0.625. The first-order valence-corrected chi connectivity index (χ1v) is 12.4. The van der Waals surface area contributed by atoms with E-state index in [1.54, 1.807) is 5.57 Å². The van der Waals surface area contributed by atoms with Crippen LogP contribution in [0.3, 0.4) is 0 Å². The third kappa shape index (κ3) is 3.85. The van der Waals surface area contributed by atoms with Gasteiger partial charge in [-0.3, -0.25) is 4.98 Å². The summed E-state index contributed by atoms with van der Waals surface area (Å²) in [6.07, 6.45) is 9.92. The smallest absolute Gasteiger partial charge is 0.228 e. The maximum atomic E-state index is 4.97. The summed E-state index contributed by atoms with van der Waals surface area (Å²) >= 11 is 0. The van der Waals surface area contributed by atoms with Crippen LogP contribution in [0.5, 0.6) is 0 Å². The minimum atomic E-state index is 0.295. The Morgan fingerprint density at radius 3 is 2.77 bits per heavy atom. The van der Waals surface area contributed by atoms with E-state index in [0.29, 0.717) is 17.8 Å². The van der Waals surface area contributed by atoms with E-state index in [-0.39, 0.29) is 0 Å². The second-order valence-electron chi connectivity index (χ2n) is 10.2. The highest BCUT2D eigenvalue weighted by Gasteiger charge is 2.29. The standard InChI is InChI=1S/C28H31N7/c1-17(2)25-16-30-35-27(25)32-26(20-12-22(34(3)4)15-29-14-20)33-28(35)31-21-10-9-19-11-18-7-5-6-8-23(18)24(19)13-21/h5-8,12,14-17,21H,9-11,13H2,1-4H3,(H,31,32,33)/t21-/m1/s1. The van der Waals surface area contributed by atoms with Crippen molar-refractivity contribution in [2.75, 3.05) is 24.3 Å². The molecule has 2 aliphatic rings. The maximum absolute atomic E-state index is 4.97. The van der Waals surface area contributed by atoms with E-state index in [0.717, 1.165) is 54.1 Å². The molecule has 1 N–H and O–H groups in total. The van der Waals surface area contributed by atoms with E-state index in [1.165, 1.54) is 16.7 Å². The number of fused-ring (bicyclic) bond motifs is 3. The van der Waals surface area contributed by atoms with E-state index < -0.39 is 0 Å². The summed E-state index contributed by atoms with van der Waals surface area (Å²) in [7, 11) is 4.03. The van der Waals surface area contributed by atoms with Crippen molar-refractivity contribution in [1.29, 1.82) is 0 Å². The predicted molar refractivity (Wildman–Crippen MR) is 141 cm³/mol. The molecule has 6 rings (SSSR count). The quantitative estimate of drug-likeness (QED) is 0.428. The first-order chi connectivity index (χ1) is 17.0. The molecule has 7 heteroatoms. The van der Waals surface area contributed by atoms with Crippen LogP contribution in [0, 0.1) is 0 Å². The first kappa shape index (κ1) is 21.8. The molecule has 0 aliphatic heterocycles. The number of hydrogen-bond donors (Lipinski definition) is 1. The van der Waals surface area contributed by atoms with Crippen molar-refractivity contribution in [3.63, 3.8) is 0 Å². The SMILES string of the molecule is CC(C)c1cnn2c(N[C@@H]3CCC4=C(C3)c3ccccc3C4)nc(-c3cncc(N(C)C)c3)nc12. The Kier molecular flexibility index (Phi) is 5.28. The van der Waals surface area contributed by atoms with Crippen LogP contribution in [0.15, 0.2) is 54.5 Å². The molecule has 35 heavy (non-hydrogen) atoms. The van der Waals surface area contributed by atoms with Crippen molar-refractivity contribution in [3.8, 4) is 11.4 Å². The molecule has 0 spiro atoms. The van der Waals surface area contributed by atoms with Crippen LogP contribution < -0.4 is 10.2 Å². The van der Waals surface area contributed by atoms with E-state index in [1.807, 2.05) is 42.1 Å². The van der Waals surface area contributed by atoms with Gasteiger partial charge < -0.3 is 10.2 Å². The summed E-state index contributed by atoms with van der Waals surface area (Å²) in [6, 6.07) is 11.2. The van der Waals surface area contributed by atoms with E-state index >= 15 is 0 Å². The van der Waals surface area contributed by atoms with Gasteiger partial charge in [0, 0.05) is 37.5 Å². The number of pyridine rings is 1. The van der Waals surface area contributed by atoms with E-state index in [2.05, 4.69) is 59.6 Å². The lowest BCUT2D eigenvalue weighted by Gasteiger charge is -2.26. The molecule has 178 valence electrons. The van der Waals surface area contributed by atoms with Crippen molar-refractivity contribution in [2.24, 2.45) is 0 Å². The highest BCUT2D eigenvalue weighted by Crippen LogP contribution is 2.42. The summed E-state index contributed by atoms with van der Waals surface area (Å²) < 4.78 is 1.87. The second-order valence-corrected chi connectivity index (χ2v) is 10.2. The lowest BCUT2D eigenvalue weighted by atomic mass is 9.88. The Morgan fingerprint density at radius 2 is 1.94 bits per heavy atom. The van der Waals surface area contributed by atoms with Gasteiger partial charge in [0.15, 0.2) is 11.5 Å². The van der Waals surface area contributed by atoms with Gasteiger partial charge in [0.25, 0.3) is 0 Å². The van der Waals surface area contributed by atoms with Gasteiger partial charge in [-0.15, -0.1) is 0 Å². The maximum Gasteiger partial charge on any atom is 0.228 e. The minimum absolute atomic E-state index is 0.295. The highest BCUT2D eigenvalue weighted by molar-refractivity contribution is 5.78. The van der Waals surface area contributed by atoms with Crippen LogP contribution >= 0.6 is 0 Å². The molecule has 1 atom stereocenters.